The van der Waals surface area contributed by atoms with Crippen LogP contribution in [-0.4, -0.2) is 12.5 Å². The minimum atomic E-state index is -0.967. The van der Waals surface area contributed by atoms with E-state index in [0.717, 1.165) is 12.1 Å². The molecule has 0 aromatic heterocycles. The topological polar surface area (TPSA) is 38.3 Å². The van der Waals surface area contributed by atoms with Crippen LogP contribution < -0.4 is 10.1 Å². The first kappa shape index (κ1) is 17.5. The summed E-state index contributed by atoms with van der Waals surface area (Å²) in [6.45, 7) is 1.37. The Balaban J connectivity index is 1.93. The standard InChI is InChI=1S/C16H13Cl2F2NO2/c1-9(10-2-5-13(19)14(20)6-10)21-16(22)8-23-15-7-11(17)3-4-12(15)18/h2-7,9H,8H2,1H3,(H,21,22). The van der Waals surface area contributed by atoms with Gasteiger partial charge in [0.25, 0.3) is 5.91 Å². The molecular weight excluding hydrogens is 347 g/mol. The molecule has 2 rings (SSSR count). The van der Waals surface area contributed by atoms with Gasteiger partial charge in [0.1, 0.15) is 5.75 Å². The molecule has 0 radical (unpaired) electrons. The average molecular weight is 360 g/mol. The Morgan fingerprint density at radius 1 is 1.17 bits per heavy atom. The van der Waals surface area contributed by atoms with Crippen molar-refractivity contribution in [3.05, 3.63) is 63.6 Å². The number of carbonyl (C=O) groups is 1. The fourth-order valence-electron chi connectivity index (χ4n) is 1.88. The third kappa shape index (κ3) is 4.81. The Labute approximate surface area is 142 Å². The van der Waals surface area contributed by atoms with E-state index in [1.807, 2.05) is 0 Å². The van der Waals surface area contributed by atoms with Crippen LogP contribution in [0.2, 0.25) is 10.0 Å². The van der Waals surface area contributed by atoms with Gasteiger partial charge in [0.05, 0.1) is 11.1 Å². The van der Waals surface area contributed by atoms with Gasteiger partial charge in [0, 0.05) is 11.1 Å². The molecule has 1 unspecified atom stereocenters. The summed E-state index contributed by atoms with van der Waals surface area (Å²) >= 11 is 11.7. The lowest BCUT2D eigenvalue weighted by atomic mass is 10.1. The van der Waals surface area contributed by atoms with Crippen molar-refractivity contribution in [2.75, 3.05) is 6.61 Å². The molecule has 0 saturated heterocycles. The SMILES string of the molecule is CC(NC(=O)COc1cc(Cl)ccc1Cl)c1ccc(F)c(F)c1. The Morgan fingerprint density at radius 2 is 1.91 bits per heavy atom. The molecular formula is C16H13Cl2F2NO2. The fourth-order valence-corrected chi connectivity index (χ4v) is 2.21. The summed E-state index contributed by atoms with van der Waals surface area (Å²) in [4.78, 5) is 11.9. The van der Waals surface area contributed by atoms with Gasteiger partial charge in [-0.1, -0.05) is 29.3 Å². The summed E-state index contributed by atoms with van der Waals surface area (Å²) in [7, 11) is 0. The van der Waals surface area contributed by atoms with Crippen molar-refractivity contribution in [1.29, 1.82) is 0 Å². The molecule has 0 spiro atoms. The van der Waals surface area contributed by atoms with Gasteiger partial charge in [-0.15, -0.1) is 0 Å². The number of hydrogen-bond acceptors (Lipinski definition) is 2. The summed E-state index contributed by atoms with van der Waals surface area (Å²) in [5.41, 5.74) is 0.443. The highest BCUT2D eigenvalue weighted by Crippen LogP contribution is 2.27. The third-order valence-electron chi connectivity index (χ3n) is 3.07. The molecule has 2 aromatic rings. The van der Waals surface area contributed by atoms with E-state index in [1.165, 1.54) is 12.1 Å². The minimum absolute atomic E-state index is 0.284. The second kappa shape index (κ2) is 7.62. The summed E-state index contributed by atoms with van der Waals surface area (Å²) in [5, 5.41) is 3.38. The highest BCUT2D eigenvalue weighted by molar-refractivity contribution is 6.34. The van der Waals surface area contributed by atoms with E-state index in [9.17, 15) is 13.6 Å². The molecule has 7 heteroatoms. The van der Waals surface area contributed by atoms with E-state index in [2.05, 4.69) is 5.32 Å². The van der Waals surface area contributed by atoms with Crippen molar-refractivity contribution >= 4 is 29.1 Å². The van der Waals surface area contributed by atoms with Crippen molar-refractivity contribution in [3.8, 4) is 5.75 Å². The van der Waals surface area contributed by atoms with E-state index in [4.69, 9.17) is 27.9 Å². The maximum atomic E-state index is 13.2. The van der Waals surface area contributed by atoms with Crippen LogP contribution in [0.3, 0.4) is 0 Å². The predicted molar refractivity (Wildman–Crippen MR) is 84.9 cm³/mol. The van der Waals surface area contributed by atoms with Crippen LogP contribution in [0.15, 0.2) is 36.4 Å². The number of benzene rings is 2. The number of halogens is 4. The van der Waals surface area contributed by atoms with E-state index in [1.54, 1.807) is 19.1 Å². The van der Waals surface area contributed by atoms with Crippen molar-refractivity contribution in [2.45, 2.75) is 13.0 Å². The zero-order valence-corrected chi connectivity index (χ0v) is 13.6. The largest absolute Gasteiger partial charge is 0.482 e. The molecule has 1 amide bonds. The van der Waals surface area contributed by atoms with E-state index < -0.39 is 23.6 Å². The van der Waals surface area contributed by atoms with Crippen LogP contribution >= 0.6 is 23.2 Å². The first-order valence-electron chi connectivity index (χ1n) is 6.69. The Hall–Kier alpha value is -1.85. The van der Waals surface area contributed by atoms with E-state index in [-0.39, 0.29) is 12.4 Å². The third-order valence-corrected chi connectivity index (χ3v) is 3.62. The van der Waals surface area contributed by atoms with Gasteiger partial charge in [-0.3, -0.25) is 4.79 Å². The number of ether oxygens (including phenoxy) is 1. The lowest BCUT2D eigenvalue weighted by molar-refractivity contribution is -0.123. The molecule has 0 aliphatic rings. The second-order valence-electron chi connectivity index (χ2n) is 4.83. The minimum Gasteiger partial charge on any atom is -0.482 e. The summed E-state index contributed by atoms with van der Waals surface area (Å²) in [6, 6.07) is 7.60. The Kier molecular flexibility index (Phi) is 5.80. The van der Waals surface area contributed by atoms with Crippen molar-refractivity contribution < 1.29 is 18.3 Å². The molecule has 0 aliphatic carbocycles. The zero-order valence-electron chi connectivity index (χ0n) is 12.1. The summed E-state index contributed by atoms with van der Waals surface area (Å²) < 4.78 is 31.4. The second-order valence-corrected chi connectivity index (χ2v) is 5.67. The van der Waals surface area contributed by atoms with Crippen LogP contribution in [0.5, 0.6) is 5.75 Å². The quantitative estimate of drug-likeness (QED) is 0.851. The van der Waals surface area contributed by atoms with Gasteiger partial charge < -0.3 is 10.1 Å². The molecule has 2 aromatic carbocycles. The lowest BCUT2D eigenvalue weighted by Crippen LogP contribution is -2.31. The highest BCUT2D eigenvalue weighted by Gasteiger charge is 2.13. The first-order valence-corrected chi connectivity index (χ1v) is 7.44. The molecule has 0 aliphatic heterocycles. The van der Waals surface area contributed by atoms with E-state index >= 15 is 0 Å². The number of amides is 1. The summed E-state index contributed by atoms with van der Waals surface area (Å²) in [5.74, 6) is -2.05. The molecule has 0 fully saturated rings. The monoisotopic (exact) mass is 359 g/mol. The Bertz CT molecular complexity index is 725. The van der Waals surface area contributed by atoms with Gasteiger partial charge >= 0.3 is 0 Å². The predicted octanol–water partition coefficient (Wildman–Crippen LogP) is 4.53. The van der Waals surface area contributed by atoms with Crippen molar-refractivity contribution in [3.63, 3.8) is 0 Å². The number of carbonyl (C=O) groups excluding carboxylic acids is 1. The molecule has 23 heavy (non-hydrogen) atoms. The van der Waals surface area contributed by atoms with Gasteiger partial charge in [0.2, 0.25) is 0 Å². The normalized spacial score (nSPS) is 11.9. The van der Waals surface area contributed by atoms with E-state index in [0.29, 0.717) is 15.6 Å². The first-order chi connectivity index (χ1) is 10.9. The number of hydrogen-bond donors (Lipinski definition) is 1. The zero-order chi connectivity index (χ0) is 17.0. The molecule has 0 saturated carbocycles. The van der Waals surface area contributed by atoms with Crippen LogP contribution in [0.4, 0.5) is 8.78 Å². The Morgan fingerprint density at radius 3 is 2.61 bits per heavy atom. The summed E-state index contributed by atoms with van der Waals surface area (Å²) in [6.07, 6.45) is 0. The average Bonchev–Trinajstić information content (AvgIpc) is 2.50. The van der Waals surface area contributed by atoms with Gasteiger partial charge in [-0.2, -0.15) is 0 Å². The van der Waals surface area contributed by atoms with Gasteiger partial charge in [-0.25, -0.2) is 8.78 Å². The molecule has 1 N–H and O–H groups in total. The van der Waals surface area contributed by atoms with Crippen LogP contribution in [0.25, 0.3) is 0 Å². The molecule has 1 atom stereocenters. The van der Waals surface area contributed by atoms with Crippen molar-refractivity contribution in [1.82, 2.24) is 5.32 Å². The molecule has 3 nitrogen and oxygen atoms in total. The van der Waals surface area contributed by atoms with Crippen LogP contribution in [0.1, 0.15) is 18.5 Å². The van der Waals surface area contributed by atoms with Crippen molar-refractivity contribution in [2.24, 2.45) is 0 Å². The van der Waals surface area contributed by atoms with Crippen LogP contribution in [-0.2, 0) is 4.79 Å². The van der Waals surface area contributed by atoms with Crippen LogP contribution in [0, 0.1) is 11.6 Å². The molecule has 0 bridgehead atoms. The smallest absolute Gasteiger partial charge is 0.258 e. The number of rotatable bonds is 5. The fraction of sp³-hybridized carbons (Fsp3) is 0.188. The van der Waals surface area contributed by atoms with Gasteiger partial charge in [-0.05, 0) is 36.8 Å². The highest BCUT2D eigenvalue weighted by atomic mass is 35.5. The van der Waals surface area contributed by atoms with Gasteiger partial charge in [0.15, 0.2) is 18.2 Å². The molecule has 0 heterocycles. The maximum absolute atomic E-state index is 13.2. The number of nitrogens with one attached hydrogen (secondary N) is 1. The molecule has 122 valence electrons. The lowest BCUT2D eigenvalue weighted by Gasteiger charge is -2.15. The maximum Gasteiger partial charge on any atom is 0.258 e.